The van der Waals surface area contributed by atoms with Crippen LogP contribution in [0.3, 0.4) is 0 Å². The standard InChI is InChI=1S/2C2H6O4S.Cu.H2O/c2*3-1-2-7(4,5)6;;/h2*3H,1-2H2,(H,4,5,6);;1H2/q;;+2;/p-2. The molecule has 9 nitrogen and oxygen atoms in total. The summed E-state index contributed by atoms with van der Waals surface area (Å²) in [4.78, 5) is 0. The Morgan fingerprint density at radius 3 is 1.00 bits per heavy atom. The molecular weight excluding hydrogens is 320 g/mol. The minimum absolute atomic E-state index is 0. The SMILES string of the molecule is O.O=S(=O)([O-])CCO.O=S(=O)([O-])CCO.[Cu+2]. The molecule has 0 aliphatic heterocycles. The van der Waals surface area contributed by atoms with Gasteiger partial charge in [-0.05, 0) is 0 Å². The second-order valence-electron chi connectivity index (χ2n) is 1.97. The molecule has 0 aromatic carbocycles. The van der Waals surface area contributed by atoms with Crippen molar-refractivity contribution in [1.29, 1.82) is 0 Å². The first kappa shape index (κ1) is 25.2. The molecule has 0 bridgehead atoms. The predicted molar refractivity (Wildman–Crippen MR) is 46.9 cm³/mol. The smallest absolute Gasteiger partial charge is 0.748 e. The van der Waals surface area contributed by atoms with Gasteiger partial charge in [0.2, 0.25) is 0 Å². The summed E-state index contributed by atoms with van der Waals surface area (Å²) in [6, 6.07) is 0. The Hall–Kier alpha value is 0.219. The molecule has 0 spiro atoms. The Balaban J connectivity index is -0.0000000800. The molecule has 0 rings (SSSR count). The zero-order chi connectivity index (χ0) is 11.8. The molecule has 0 saturated heterocycles. The molecule has 0 heterocycles. The van der Waals surface area contributed by atoms with E-state index in [2.05, 4.69) is 0 Å². The molecule has 0 aromatic heterocycles. The number of hydrogen-bond donors (Lipinski definition) is 2. The van der Waals surface area contributed by atoms with Crippen molar-refractivity contribution in [3.63, 3.8) is 0 Å². The summed E-state index contributed by atoms with van der Waals surface area (Å²) >= 11 is 0. The monoisotopic (exact) mass is 331 g/mol. The van der Waals surface area contributed by atoms with Crippen LogP contribution in [0.15, 0.2) is 0 Å². The third kappa shape index (κ3) is 36.8. The molecule has 0 saturated carbocycles. The maximum Gasteiger partial charge on any atom is 2.00 e. The van der Waals surface area contributed by atoms with Gasteiger partial charge < -0.3 is 24.8 Å². The Kier molecular flexibility index (Phi) is 18.4. The first-order chi connectivity index (χ1) is 6.12. The van der Waals surface area contributed by atoms with Gasteiger partial charge in [0, 0.05) is 0 Å². The molecule has 12 heteroatoms. The molecule has 0 aliphatic carbocycles. The van der Waals surface area contributed by atoms with Gasteiger partial charge in [-0.15, -0.1) is 0 Å². The van der Waals surface area contributed by atoms with Gasteiger partial charge in [0.15, 0.2) is 0 Å². The van der Waals surface area contributed by atoms with Crippen LogP contribution in [0.25, 0.3) is 0 Å². The number of rotatable bonds is 4. The van der Waals surface area contributed by atoms with Crippen molar-refractivity contribution in [2.45, 2.75) is 0 Å². The molecular formula is C4H12CuO9S2. The third-order valence-electron chi connectivity index (χ3n) is 0.683. The molecule has 0 aromatic rings. The van der Waals surface area contributed by atoms with Crippen LogP contribution in [-0.4, -0.2) is 66.3 Å². The quantitative estimate of drug-likeness (QED) is 0.387. The van der Waals surface area contributed by atoms with Crippen molar-refractivity contribution in [3.05, 3.63) is 0 Å². The topological polar surface area (TPSA) is 186 Å². The van der Waals surface area contributed by atoms with Crippen LogP contribution in [0.4, 0.5) is 0 Å². The zero-order valence-corrected chi connectivity index (χ0v) is 10.4. The average Bonchev–Trinajstić information content (AvgIpc) is 1.81. The minimum Gasteiger partial charge on any atom is -0.748 e. The van der Waals surface area contributed by atoms with E-state index in [0.29, 0.717) is 0 Å². The van der Waals surface area contributed by atoms with Gasteiger partial charge in [0.25, 0.3) is 0 Å². The maximum absolute atomic E-state index is 9.52. The van der Waals surface area contributed by atoms with Crippen molar-refractivity contribution in [1.82, 2.24) is 0 Å². The van der Waals surface area contributed by atoms with Crippen molar-refractivity contribution in [2.75, 3.05) is 24.7 Å². The van der Waals surface area contributed by atoms with E-state index in [1.807, 2.05) is 0 Å². The minimum atomic E-state index is -4.17. The molecule has 0 aliphatic rings. The van der Waals surface area contributed by atoms with Crippen LogP contribution in [0.2, 0.25) is 0 Å². The molecule has 105 valence electrons. The van der Waals surface area contributed by atoms with Crippen LogP contribution < -0.4 is 0 Å². The van der Waals surface area contributed by atoms with Gasteiger partial charge in [-0.25, -0.2) is 16.8 Å². The number of aliphatic hydroxyl groups excluding tert-OH is 2. The van der Waals surface area contributed by atoms with Crippen molar-refractivity contribution in [2.24, 2.45) is 0 Å². The molecule has 4 N–H and O–H groups in total. The van der Waals surface area contributed by atoms with E-state index in [-0.39, 0.29) is 22.5 Å². The van der Waals surface area contributed by atoms with E-state index in [0.717, 1.165) is 0 Å². The van der Waals surface area contributed by atoms with Crippen LogP contribution in [-0.2, 0) is 37.3 Å². The van der Waals surface area contributed by atoms with Crippen molar-refractivity contribution in [3.8, 4) is 0 Å². The molecule has 0 amide bonds. The van der Waals surface area contributed by atoms with Gasteiger partial charge >= 0.3 is 17.1 Å². The Labute approximate surface area is 104 Å². The van der Waals surface area contributed by atoms with Gasteiger partial charge in [-0.2, -0.15) is 0 Å². The number of hydrogen-bond acceptors (Lipinski definition) is 8. The first-order valence-corrected chi connectivity index (χ1v) is 6.36. The second-order valence-corrected chi connectivity index (χ2v) is 5.02. The van der Waals surface area contributed by atoms with E-state index >= 15 is 0 Å². The summed E-state index contributed by atoms with van der Waals surface area (Å²) in [6.07, 6.45) is 0. The van der Waals surface area contributed by atoms with Crippen LogP contribution in [0, 0.1) is 0 Å². The van der Waals surface area contributed by atoms with Crippen LogP contribution in [0.1, 0.15) is 0 Å². The summed E-state index contributed by atoms with van der Waals surface area (Å²) in [5.41, 5.74) is 0. The van der Waals surface area contributed by atoms with Gasteiger partial charge in [0.05, 0.1) is 45.0 Å². The first-order valence-electron chi connectivity index (χ1n) is 3.21. The summed E-state index contributed by atoms with van der Waals surface area (Å²) in [5.74, 6) is -1.38. The zero-order valence-electron chi connectivity index (χ0n) is 7.79. The van der Waals surface area contributed by atoms with Gasteiger partial charge in [0.1, 0.15) is 0 Å². The summed E-state index contributed by atoms with van der Waals surface area (Å²) in [6.45, 7) is -1.18. The van der Waals surface area contributed by atoms with Gasteiger partial charge in [-0.3, -0.25) is 0 Å². The fraction of sp³-hybridized carbons (Fsp3) is 1.00. The van der Waals surface area contributed by atoms with E-state index in [1.165, 1.54) is 0 Å². The summed E-state index contributed by atoms with van der Waals surface area (Å²) < 4.78 is 57.1. The fourth-order valence-electron chi connectivity index (χ4n) is 0.224. The second kappa shape index (κ2) is 11.7. The van der Waals surface area contributed by atoms with E-state index in [9.17, 15) is 25.9 Å². The number of aliphatic hydroxyl groups is 2. The Morgan fingerprint density at radius 2 is 1.00 bits per heavy atom. The average molecular weight is 332 g/mol. The Morgan fingerprint density at radius 1 is 0.812 bits per heavy atom. The van der Waals surface area contributed by atoms with Crippen molar-refractivity contribution < 1.29 is 58.7 Å². The predicted octanol–water partition coefficient (Wildman–Crippen LogP) is -3.78. The van der Waals surface area contributed by atoms with Crippen molar-refractivity contribution >= 4 is 20.2 Å². The maximum atomic E-state index is 9.52. The molecule has 0 unspecified atom stereocenters. The molecule has 1 radical (unpaired) electrons. The molecule has 0 atom stereocenters. The molecule has 0 fully saturated rings. The largest absolute Gasteiger partial charge is 2.00 e. The Bertz CT molecular complexity index is 285. The third-order valence-corrected chi connectivity index (χ3v) is 2.05. The van der Waals surface area contributed by atoms with Crippen LogP contribution in [0.5, 0.6) is 0 Å². The summed E-state index contributed by atoms with van der Waals surface area (Å²) in [7, 11) is -8.35. The van der Waals surface area contributed by atoms with E-state index < -0.39 is 45.0 Å². The van der Waals surface area contributed by atoms with E-state index in [1.54, 1.807) is 0 Å². The summed E-state index contributed by atoms with van der Waals surface area (Å²) in [5, 5.41) is 15.6. The van der Waals surface area contributed by atoms with Gasteiger partial charge in [-0.1, -0.05) is 0 Å². The van der Waals surface area contributed by atoms with E-state index in [4.69, 9.17) is 10.2 Å². The van der Waals surface area contributed by atoms with Crippen LogP contribution >= 0.6 is 0 Å². The fourth-order valence-corrected chi connectivity index (χ4v) is 0.671. The normalized spacial score (nSPS) is 10.2. The molecule has 16 heavy (non-hydrogen) atoms.